The normalized spacial score (nSPS) is 11.5. The lowest BCUT2D eigenvalue weighted by molar-refractivity contribution is 0.423. The number of rotatable bonds is 4. The van der Waals surface area contributed by atoms with Crippen molar-refractivity contribution in [2.75, 3.05) is 0 Å². The fourth-order valence-corrected chi connectivity index (χ4v) is 1.93. The second-order valence-corrected chi connectivity index (χ2v) is 6.63. The molecule has 5 heteroatoms. The third kappa shape index (κ3) is 5.20. The van der Waals surface area contributed by atoms with E-state index in [-0.39, 0.29) is 5.54 Å². The van der Waals surface area contributed by atoms with E-state index in [1.54, 1.807) is 24.4 Å². The maximum atomic E-state index is 6.06. The number of benzene rings is 1. The number of hydrogen-bond acceptors (Lipinski definition) is 3. The summed E-state index contributed by atoms with van der Waals surface area (Å²) in [6.07, 6.45) is 1.78. The molecule has 1 aromatic heterocycles. The van der Waals surface area contributed by atoms with Crippen LogP contribution in [0, 0.1) is 0 Å². The Labute approximate surface area is 135 Å². The van der Waals surface area contributed by atoms with Crippen LogP contribution in [0.15, 0.2) is 36.5 Å². The molecule has 2 aromatic rings. The summed E-state index contributed by atoms with van der Waals surface area (Å²) < 4.78 is 5.64. The number of nitrogens with zero attached hydrogens (tertiary/aromatic N) is 1. The summed E-state index contributed by atoms with van der Waals surface area (Å²) in [6, 6.07) is 8.86. The van der Waals surface area contributed by atoms with E-state index >= 15 is 0 Å². The Morgan fingerprint density at radius 3 is 2.52 bits per heavy atom. The van der Waals surface area contributed by atoms with Crippen LogP contribution in [0.4, 0.5) is 0 Å². The van der Waals surface area contributed by atoms with Gasteiger partial charge in [0.2, 0.25) is 5.88 Å². The van der Waals surface area contributed by atoms with Crippen molar-refractivity contribution in [1.82, 2.24) is 10.3 Å². The highest BCUT2D eigenvalue weighted by atomic mass is 35.5. The first-order valence-electron chi connectivity index (χ1n) is 6.66. The predicted octanol–water partition coefficient (Wildman–Crippen LogP) is 5.07. The second kappa shape index (κ2) is 6.65. The lowest BCUT2D eigenvalue weighted by atomic mass is 10.1. The Kier molecular flexibility index (Phi) is 5.09. The van der Waals surface area contributed by atoms with Gasteiger partial charge in [-0.2, -0.15) is 0 Å². The Hall–Kier alpha value is -1.29. The van der Waals surface area contributed by atoms with Crippen molar-refractivity contribution in [2.24, 2.45) is 0 Å². The topological polar surface area (TPSA) is 34.1 Å². The van der Waals surface area contributed by atoms with Crippen LogP contribution in [0.2, 0.25) is 10.0 Å². The predicted molar refractivity (Wildman–Crippen MR) is 87.4 cm³/mol. The van der Waals surface area contributed by atoms with Crippen molar-refractivity contribution in [2.45, 2.75) is 32.9 Å². The molecule has 3 nitrogen and oxygen atoms in total. The molecule has 0 fully saturated rings. The molecule has 21 heavy (non-hydrogen) atoms. The van der Waals surface area contributed by atoms with Crippen molar-refractivity contribution in [1.29, 1.82) is 0 Å². The van der Waals surface area contributed by atoms with Crippen LogP contribution in [0.25, 0.3) is 0 Å². The van der Waals surface area contributed by atoms with Gasteiger partial charge in [0.15, 0.2) is 0 Å². The van der Waals surface area contributed by atoms with Gasteiger partial charge in [-0.25, -0.2) is 4.98 Å². The Morgan fingerprint density at radius 1 is 1.14 bits per heavy atom. The maximum Gasteiger partial charge on any atom is 0.219 e. The van der Waals surface area contributed by atoms with Gasteiger partial charge in [0.25, 0.3) is 0 Å². The zero-order valence-electron chi connectivity index (χ0n) is 12.3. The van der Waals surface area contributed by atoms with Gasteiger partial charge in [-0.1, -0.05) is 29.3 Å². The molecule has 0 atom stereocenters. The summed E-state index contributed by atoms with van der Waals surface area (Å²) in [5.41, 5.74) is 1.16. The standard InChI is InChI=1S/C16H18Cl2N2O/c1-16(2,3)20-10-11-4-7-15(19-9-11)21-14-8-12(17)5-6-13(14)18/h4-9,20H,10H2,1-3H3. The number of pyridine rings is 1. The van der Waals surface area contributed by atoms with Crippen LogP contribution in [-0.4, -0.2) is 10.5 Å². The number of hydrogen-bond donors (Lipinski definition) is 1. The summed E-state index contributed by atoms with van der Waals surface area (Å²) >= 11 is 12.0. The van der Waals surface area contributed by atoms with Crippen molar-refractivity contribution in [3.05, 3.63) is 52.1 Å². The average Bonchev–Trinajstić information content (AvgIpc) is 2.41. The van der Waals surface area contributed by atoms with Crippen LogP contribution in [0.3, 0.4) is 0 Å². The highest BCUT2D eigenvalue weighted by Gasteiger charge is 2.09. The van der Waals surface area contributed by atoms with Gasteiger partial charge in [0.05, 0.1) is 5.02 Å². The monoisotopic (exact) mass is 324 g/mol. The molecule has 0 bridgehead atoms. The highest BCUT2D eigenvalue weighted by Crippen LogP contribution is 2.31. The van der Waals surface area contributed by atoms with Gasteiger partial charge in [-0.3, -0.25) is 0 Å². The molecule has 2 rings (SSSR count). The molecule has 0 unspecified atom stereocenters. The third-order valence-corrected chi connectivity index (χ3v) is 3.28. The smallest absolute Gasteiger partial charge is 0.219 e. The molecule has 0 spiro atoms. The zero-order chi connectivity index (χ0) is 15.5. The van der Waals surface area contributed by atoms with Gasteiger partial charge in [-0.05, 0) is 38.5 Å². The first-order valence-corrected chi connectivity index (χ1v) is 7.42. The highest BCUT2D eigenvalue weighted by molar-refractivity contribution is 6.34. The number of ether oxygens (including phenoxy) is 1. The molecule has 0 aliphatic heterocycles. The molecular formula is C16H18Cl2N2O. The number of aromatic nitrogens is 1. The van der Waals surface area contributed by atoms with Crippen molar-refractivity contribution in [3.8, 4) is 11.6 Å². The molecule has 1 N–H and O–H groups in total. The number of halogens is 2. The third-order valence-electron chi connectivity index (χ3n) is 2.73. The lowest BCUT2D eigenvalue weighted by Crippen LogP contribution is -2.35. The summed E-state index contributed by atoms with van der Waals surface area (Å²) in [5.74, 6) is 0.982. The summed E-state index contributed by atoms with van der Waals surface area (Å²) in [6.45, 7) is 7.13. The fourth-order valence-electron chi connectivity index (χ4n) is 1.61. The van der Waals surface area contributed by atoms with E-state index in [0.717, 1.165) is 12.1 Å². The molecule has 0 amide bonds. The molecule has 1 aromatic carbocycles. The molecule has 0 saturated heterocycles. The molecule has 0 aliphatic carbocycles. The fraction of sp³-hybridized carbons (Fsp3) is 0.312. The van der Waals surface area contributed by atoms with Crippen molar-refractivity contribution >= 4 is 23.2 Å². The van der Waals surface area contributed by atoms with Gasteiger partial charge in [0, 0.05) is 35.4 Å². The minimum atomic E-state index is 0.0729. The quantitative estimate of drug-likeness (QED) is 0.852. The SMILES string of the molecule is CC(C)(C)NCc1ccc(Oc2cc(Cl)ccc2Cl)nc1. The molecule has 0 radical (unpaired) electrons. The van der Waals surface area contributed by atoms with Crippen molar-refractivity contribution in [3.63, 3.8) is 0 Å². The van der Waals surface area contributed by atoms with E-state index in [1.807, 2.05) is 12.1 Å². The Bertz CT molecular complexity index is 607. The average molecular weight is 325 g/mol. The first kappa shape index (κ1) is 16.1. The van der Waals surface area contributed by atoms with Crippen LogP contribution < -0.4 is 10.1 Å². The summed E-state index contributed by atoms with van der Waals surface area (Å²) in [5, 5.41) is 4.47. The van der Waals surface area contributed by atoms with Crippen molar-refractivity contribution < 1.29 is 4.74 Å². The van der Waals surface area contributed by atoms with Gasteiger partial charge < -0.3 is 10.1 Å². The molecule has 0 saturated carbocycles. The second-order valence-electron chi connectivity index (χ2n) is 5.79. The first-order chi connectivity index (χ1) is 9.83. The van der Waals surface area contributed by atoms with E-state index in [9.17, 15) is 0 Å². The number of nitrogens with one attached hydrogen (secondary N) is 1. The minimum absolute atomic E-state index is 0.0729. The summed E-state index contributed by atoms with van der Waals surface area (Å²) in [4.78, 5) is 4.28. The van der Waals surface area contributed by atoms with E-state index in [2.05, 4.69) is 31.1 Å². The van der Waals surface area contributed by atoms with Crippen LogP contribution in [0.5, 0.6) is 11.6 Å². The Morgan fingerprint density at radius 2 is 1.90 bits per heavy atom. The van der Waals surface area contributed by atoms with E-state index < -0.39 is 0 Å². The van der Waals surface area contributed by atoms with Gasteiger partial charge in [0.1, 0.15) is 5.75 Å². The zero-order valence-corrected chi connectivity index (χ0v) is 13.8. The van der Waals surface area contributed by atoms with E-state index in [0.29, 0.717) is 21.7 Å². The summed E-state index contributed by atoms with van der Waals surface area (Å²) in [7, 11) is 0. The van der Waals surface area contributed by atoms with Gasteiger partial charge >= 0.3 is 0 Å². The molecule has 112 valence electrons. The van der Waals surface area contributed by atoms with Crippen LogP contribution >= 0.6 is 23.2 Å². The van der Waals surface area contributed by atoms with Gasteiger partial charge in [-0.15, -0.1) is 0 Å². The van der Waals surface area contributed by atoms with Crippen LogP contribution in [0.1, 0.15) is 26.3 Å². The largest absolute Gasteiger partial charge is 0.437 e. The van der Waals surface area contributed by atoms with E-state index in [4.69, 9.17) is 27.9 Å². The molecular weight excluding hydrogens is 307 g/mol. The minimum Gasteiger partial charge on any atom is -0.437 e. The van der Waals surface area contributed by atoms with E-state index in [1.165, 1.54) is 0 Å². The van der Waals surface area contributed by atoms with Crippen LogP contribution in [-0.2, 0) is 6.54 Å². The lowest BCUT2D eigenvalue weighted by Gasteiger charge is -2.20. The maximum absolute atomic E-state index is 6.06. The molecule has 1 heterocycles. The Balaban J connectivity index is 2.04. The molecule has 0 aliphatic rings.